The highest BCUT2D eigenvalue weighted by Gasteiger charge is 2.82. The fourth-order valence-electron chi connectivity index (χ4n) is 14.9. The van der Waals surface area contributed by atoms with E-state index in [-0.39, 0.29) is 53.9 Å². The molecule has 3 saturated carbocycles. The number of hydrogen-bond acceptors (Lipinski definition) is 10. The van der Waals surface area contributed by atoms with Crippen molar-refractivity contribution in [3.63, 3.8) is 0 Å². The van der Waals surface area contributed by atoms with Crippen molar-refractivity contribution in [2.75, 3.05) is 26.9 Å². The Labute approximate surface area is 330 Å². The van der Waals surface area contributed by atoms with Gasteiger partial charge in [0.1, 0.15) is 29.6 Å². The normalized spacial score (nSPS) is 54.7. The van der Waals surface area contributed by atoms with Gasteiger partial charge in [0.15, 0.2) is 5.78 Å². The summed E-state index contributed by atoms with van der Waals surface area (Å²) in [6, 6.07) is -0.0985. The minimum absolute atomic E-state index is 0.0547. The van der Waals surface area contributed by atoms with Crippen LogP contribution < -0.4 is 5.32 Å². The summed E-state index contributed by atoms with van der Waals surface area (Å²) in [5, 5.41) is 54.8. The van der Waals surface area contributed by atoms with E-state index in [2.05, 4.69) is 35.9 Å². The van der Waals surface area contributed by atoms with Crippen LogP contribution in [-0.4, -0.2) is 117 Å². The van der Waals surface area contributed by atoms with Crippen molar-refractivity contribution in [1.82, 2.24) is 10.2 Å². The number of ketones is 1. The zero-order valence-electron chi connectivity index (χ0n) is 33.7. The number of allylic oxidation sites excluding steroid dienone is 1. The lowest BCUT2D eigenvalue weighted by Gasteiger charge is -2.68. The second kappa shape index (κ2) is 12.1. The van der Waals surface area contributed by atoms with Crippen LogP contribution in [0.25, 0.3) is 0 Å². The summed E-state index contributed by atoms with van der Waals surface area (Å²) < 4.78 is 18.2. The Balaban J connectivity index is 1.18. The van der Waals surface area contributed by atoms with Gasteiger partial charge in [-0.1, -0.05) is 32.6 Å². The van der Waals surface area contributed by atoms with E-state index in [9.17, 15) is 25.2 Å². The van der Waals surface area contributed by atoms with E-state index >= 15 is 4.79 Å². The number of aliphatic hydroxyl groups is 4. The molecule has 0 aromatic rings. The summed E-state index contributed by atoms with van der Waals surface area (Å²) >= 11 is 0. The SMILES string of the molecule is COCCCOC1CCC2(C)C(C1)C(=O)C1=C3C24C#CCC2CN2C(=O)C25CC#CC6(CC(CC1)C3(O)C6(C)CC4)C(C)(O)C(O)C1OC(C(O)N2)C(C5)C1C. The molecule has 6 aliphatic carbocycles. The number of nitrogens with one attached hydrogen (secondary N) is 1. The van der Waals surface area contributed by atoms with Gasteiger partial charge in [0.25, 0.3) is 0 Å². The maximum atomic E-state index is 15.1. The molecule has 0 aromatic heterocycles. The summed E-state index contributed by atoms with van der Waals surface area (Å²) in [7, 11) is 1.69. The Morgan fingerprint density at radius 1 is 1.00 bits per heavy atom. The summed E-state index contributed by atoms with van der Waals surface area (Å²) in [5.74, 6) is 13.3. The Hall–Kier alpha value is -2.32. The van der Waals surface area contributed by atoms with Crippen molar-refractivity contribution in [3.8, 4) is 23.7 Å². The number of ether oxygens (including phenoxy) is 3. The highest BCUT2D eigenvalue weighted by molar-refractivity contribution is 6.01. The predicted octanol–water partition coefficient (Wildman–Crippen LogP) is 2.62. The van der Waals surface area contributed by atoms with Gasteiger partial charge in [-0.3, -0.25) is 14.9 Å². The number of piperidine rings is 1. The molecule has 17 unspecified atom stereocenters. The van der Waals surface area contributed by atoms with Gasteiger partial charge in [-0.05, 0) is 105 Å². The van der Waals surface area contributed by atoms with Gasteiger partial charge in [0, 0.05) is 51.0 Å². The smallest absolute Gasteiger partial charge is 0.244 e. The van der Waals surface area contributed by atoms with Gasteiger partial charge >= 0.3 is 0 Å². The number of fused-ring (bicyclic) bond motifs is 4. The van der Waals surface area contributed by atoms with Crippen LogP contribution in [0.2, 0.25) is 0 Å². The van der Waals surface area contributed by atoms with Crippen LogP contribution in [0, 0.1) is 69.0 Å². The van der Waals surface area contributed by atoms with Crippen LogP contribution in [0.15, 0.2) is 11.1 Å². The molecule has 0 aromatic carbocycles. The molecule has 3 saturated heterocycles. The molecular weight excluding hydrogens is 713 g/mol. The number of amides is 1. The van der Waals surface area contributed by atoms with Gasteiger partial charge in [-0.2, -0.15) is 0 Å². The Morgan fingerprint density at radius 3 is 2.59 bits per heavy atom. The molecular formula is C45H60N2O9. The Bertz CT molecular complexity index is 1910. The summed E-state index contributed by atoms with van der Waals surface area (Å²) in [5.41, 5.74) is -7.04. The Morgan fingerprint density at radius 2 is 1.80 bits per heavy atom. The molecule has 17 atom stereocenters. The van der Waals surface area contributed by atoms with Crippen LogP contribution in [0.1, 0.15) is 105 Å². The average Bonchev–Trinajstić information content (AvgIpc) is 3.81. The number of Topliss-reactive ketones (excluding diaryl/α,β-unsaturated/α-hetero) is 1. The third-order valence-corrected chi connectivity index (χ3v) is 18.2. The largest absolute Gasteiger partial charge is 0.387 e. The van der Waals surface area contributed by atoms with E-state index in [1.807, 2.05) is 18.7 Å². The molecule has 5 N–H and O–H groups in total. The molecule has 11 nitrogen and oxygen atoms in total. The molecule has 56 heavy (non-hydrogen) atoms. The van der Waals surface area contributed by atoms with E-state index in [1.165, 1.54) is 0 Å². The van der Waals surface area contributed by atoms with E-state index in [0.29, 0.717) is 83.1 Å². The molecule has 6 fully saturated rings. The fraction of sp³-hybridized carbons (Fsp3) is 0.822. The topological polar surface area (TPSA) is 158 Å². The van der Waals surface area contributed by atoms with E-state index < -0.39 is 62.9 Å². The van der Waals surface area contributed by atoms with Crippen molar-refractivity contribution in [3.05, 3.63) is 11.1 Å². The second-order valence-corrected chi connectivity index (χ2v) is 20.3. The number of aliphatic hydroxyl groups excluding tert-OH is 2. The van der Waals surface area contributed by atoms with Crippen LogP contribution in [-0.2, 0) is 23.8 Å². The van der Waals surface area contributed by atoms with Crippen LogP contribution in [0.5, 0.6) is 0 Å². The molecule has 3 spiro atoms. The van der Waals surface area contributed by atoms with Crippen molar-refractivity contribution < 1.29 is 44.2 Å². The summed E-state index contributed by atoms with van der Waals surface area (Å²) in [6.07, 6.45) is 2.08. The Kier molecular flexibility index (Phi) is 8.22. The maximum absolute atomic E-state index is 15.1. The third kappa shape index (κ3) is 4.40. The monoisotopic (exact) mass is 772 g/mol. The fourth-order valence-corrected chi connectivity index (χ4v) is 14.9. The quantitative estimate of drug-likeness (QED) is 0.160. The third-order valence-electron chi connectivity index (χ3n) is 18.2. The first-order valence-corrected chi connectivity index (χ1v) is 21.5. The average molecular weight is 773 g/mol. The van der Waals surface area contributed by atoms with E-state index in [4.69, 9.17) is 14.2 Å². The standard InChI is InChI=1S/C45H60N2O9/c1-25-30-23-43-14-7-15-44(41(4,52)36(49)33(25)56-34(30)37(50)46-43)22-26-10-11-29-32(48)31-21-28(55-20-8-19-54-5)12-16-39(31,2)42(13-6-9-27-24-47(27)38(43)51)18-17-40(44,3)45(26,53)35(29)42/h25-28,30-31,33-34,36-37,46,49-50,52-53H,8-12,14,16-24H2,1-5H3. The van der Waals surface area contributed by atoms with Gasteiger partial charge in [-0.25, -0.2) is 0 Å². The minimum atomic E-state index is -1.89. The molecule has 7 bridgehead atoms. The number of rotatable bonds is 5. The lowest BCUT2D eigenvalue weighted by molar-refractivity contribution is -0.229. The van der Waals surface area contributed by atoms with Gasteiger partial charge < -0.3 is 39.5 Å². The van der Waals surface area contributed by atoms with E-state index in [0.717, 1.165) is 18.4 Å². The molecule has 5 heterocycles. The lowest BCUT2D eigenvalue weighted by Crippen LogP contribution is -2.71. The van der Waals surface area contributed by atoms with Crippen molar-refractivity contribution in [2.24, 2.45) is 45.3 Å². The zero-order valence-corrected chi connectivity index (χ0v) is 33.7. The van der Waals surface area contributed by atoms with Gasteiger partial charge in [0.05, 0.1) is 34.7 Å². The highest BCUT2D eigenvalue weighted by atomic mass is 16.5. The molecule has 0 radical (unpaired) electrons. The molecule has 304 valence electrons. The van der Waals surface area contributed by atoms with Crippen LogP contribution in [0.3, 0.4) is 0 Å². The number of methoxy groups -OCH3 is 1. The highest BCUT2D eigenvalue weighted by Crippen LogP contribution is 2.80. The van der Waals surface area contributed by atoms with Gasteiger partial charge in [-0.15, -0.1) is 11.8 Å². The lowest BCUT2D eigenvalue weighted by atomic mass is 9.36. The summed E-state index contributed by atoms with van der Waals surface area (Å²) in [6.45, 7) is 9.65. The number of nitrogens with zero attached hydrogens (tertiary/aromatic N) is 1. The van der Waals surface area contributed by atoms with Crippen molar-refractivity contribution in [2.45, 2.75) is 158 Å². The first-order chi connectivity index (χ1) is 26.6. The molecule has 1 amide bonds. The molecule has 5 aliphatic heterocycles. The molecule has 11 aliphatic rings. The van der Waals surface area contributed by atoms with E-state index in [1.54, 1.807) is 14.0 Å². The van der Waals surface area contributed by atoms with Crippen molar-refractivity contribution >= 4 is 11.7 Å². The molecule has 11 rings (SSSR count). The second-order valence-electron chi connectivity index (χ2n) is 20.3. The zero-order chi connectivity index (χ0) is 39.4. The minimum Gasteiger partial charge on any atom is -0.387 e. The predicted molar refractivity (Wildman–Crippen MR) is 203 cm³/mol. The van der Waals surface area contributed by atoms with Crippen LogP contribution >= 0.6 is 0 Å². The number of carbonyl (C=O) groups excluding carboxylic acids is 2. The number of hydrogen-bond donors (Lipinski definition) is 5. The number of carbonyl (C=O) groups is 2. The van der Waals surface area contributed by atoms with Crippen molar-refractivity contribution in [1.29, 1.82) is 0 Å². The van der Waals surface area contributed by atoms with Gasteiger partial charge in [0.2, 0.25) is 5.91 Å². The maximum Gasteiger partial charge on any atom is 0.244 e. The first-order valence-electron chi connectivity index (χ1n) is 21.5. The molecule has 11 heteroatoms. The van der Waals surface area contributed by atoms with Crippen LogP contribution in [0.4, 0.5) is 0 Å². The summed E-state index contributed by atoms with van der Waals surface area (Å²) in [4.78, 5) is 31.8. The first kappa shape index (κ1) is 37.9.